The number of pyridine rings is 1. The largest absolute Gasteiger partial charge is 0.394 e. The van der Waals surface area contributed by atoms with E-state index < -0.39 is 11.6 Å². The molecule has 0 bridgehead atoms. The summed E-state index contributed by atoms with van der Waals surface area (Å²) in [6, 6.07) is 11.0. The first-order chi connectivity index (χ1) is 19.8. The molecule has 2 aliphatic heterocycles. The number of rotatable bonds is 8. The normalized spacial score (nSPS) is 16.9. The van der Waals surface area contributed by atoms with Gasteiger partial charge in [-0.05, 0) is 24.6 Å². The van der Waals surface area contributed by atoms with Crippen LogP contribution in [0.25, 0.3) is 11.5 Å². The van der Waals surface area contributed by atoms with Gasteiger partial charge in [-0.3, -0.25) is 4.79 Å². The Hall–Kier alpha value is -4.62. The fourth-order valence-corrected chi connectivity index (χ4v) is 4.91. The second-order valence-electron chi connectivity index (χ2n) is 10.4. The number of nitrogens with zero attached hydrogens (tertiary/aromatic N) is 7. The molecule has 5 heterocycles. The number of hydrogen-bond donors (Lipinski definition) is 3. The lowest BCUT2D eigenvalue weighted by molar-refractivity contribution is 0.0688. The molecule has 3 N–H and O–H groups in total. The topological polar surface area (TPSA) is 155 Å². The van der Waals surface area contributed by atoms with Gasteiger partial charge in [0, 0.05) is 38.6 Å². The minimum absolute atomic E-state index is 0.113. The molecule has 0 unspecified atom stereocenters. The number of carbonyl (C=O) groups is 1. The Balaban J connectivity index is 1.34. The Morgan fingerprint density at radius 3 is 2.59 bits per heavy atom. The van der Waals surface area contributed by atoms with Gasteiger partial charge >= 0.3 is 0 Å². The number of aliphatic hydroxyl groups excluding tert-OH is 1. The van der Waals surface area contributed by atoms with E-state index in [0.29, 0.717) is 66.5 Å². The van der Waals surface area contributed by atoms with Gasteiger partial charge in [0.25, 0.3) is 17.7 Å². The molecule has 212 valence electrons. The van der Waals surface area contributed by atoms with E-state index in [-0.39, 0.29) is 18.4 Å². The molecule has 0 radical (unpaired) electrons. The summed E-state index contributed by atoms with van der Waals surface area (Å²) in [5.41, 5.74) is 2.64. The van der Waals surface area contributed by atoms with E-state index in [1.54, 1.807) is 24.2 Å². The second kappa shape index (κ2) is 10.7. The minimum Gasteiger partial charge on any atom is -0.394 e. The first-order valence-electron chi connectivity index (χ1n) is 13.4. The highest BCUT2D eigenvalue weighted by Gasteiger charge is 2.42. The summed E-state index contributed by atoms with van der Waals surface area (Å²) in [6.07, 6.45) is 3.16. The summed E-state index contributed by atoms with van der Waals surface area (Å²) in [7, 11) is 1.75. The van der Waals surface area contributed by atoms with Crippen LogP contribution in [0.2, 0.25) is 0 Å². The molecule has 3 aromatic heterocycles. The van der Waals surface area contributed by atoms with Gasteiger partial charge in [-0.25, -0.2) is 15.0 Å². The molecule has 0 aliphatic carbocycles. The van der Waals surface area contributed by atoms with Crippen molar-refractivity contribution in [1.29, 1.82) is 0 Å². The highest BCUT2D eigenvalue weighted by Crippen LogP contribution is 2.37. The van der Waals surface area contributed by atoms with Gasteiger partial charge in [0.15, 0.2) is 0 Å². The first kappa shape index (κ1) is 26.6. The maximum atomic E-state index is 12.6. The number of ether oxygens (including phenoxy) is 1. The maximum Gasteiger partial charge on any atom is 0.266 e. The molecule has 1 fully saturated rings. The second-order valence-corrected chi connectivity index (χ2v) is 10.4. The molecule has 41 heavy (non-hydrogen) atoms. The molecule has 1 aromatic carbocycles. The third-order valence-electron chi connectivity index (χ3n) is 7.54. The Morgan fingerprint density at radius 1 is 1.07 bits per heavy atom. The van der Waals surface area contributed by atoms with Crippen LogP contribution in [0.5, 0.6) is 0 Å². The SMILES string of the molecule is CN1C(=O)c2cnc(Nc3cc(N[C@H](CO)c4ccccc4)c(-c4nc(N5CCOCC5)no4)cn3)nc2C1(C)C. The summed E-state index contributed by atoms with van der Waals surface area (Å²) in [5, 5.41) is 21.0. The van der Waals surface area contributed by atoms with Gasteiger partial charge in [0.2, 0.25) is 5.95 Å². The number of morpholine rings is 1. The van der Waals surface area contributed by atoms with Crippen LogP contribution >= 0.6 is 0 Å². The van der Waals surface area contributed by atoms with Crippen molar-refractivity contribution in [3.63, 3.8) is 0 Å². The van der Waals surface area contributed by atoms with Crippen LogP contribution in [0.15, 0.2) is 53.3 Å². The number of carbonyl (C=O) groups excluding carboxylic acids is 1. The van der Waals surface area contributed by atoms with Gasteiger partial charge in [-0.2, -0.15) is 4.98 Å². The standard InChI is InChI=1S/C28H31N9O4/c1-28(2)23-19(25(39)36(28)3)15-30-26(33-23)32-22-13-20(31-21(16-38)17-7-5-4-6-8-17)18(14-29-22)24-34-27(35-41-24)37-9-11-40-12-10-37/h4-8,13-15,21,38H,9-12,16H2,1-3H3,(H2,29,30,31,32,33)/t21-/m1/s1. The highest BCUT2D eigenvalue weighted by atomic mass is 16.5. The number of amides is 1. The average molecular weight is 558 g/mol. The van der Waals surface area contributed by atoms with E-state index in [1.807, 2.05) is 49.1 Å². The molecule has 13 heteroatoms. The van der Waals surface area contributed by atoms with Crippen molar-refractivity contribution < 1.29 is 19.2 Å². The van der Waals surface area contributed by atoms with Gasteiger partial charge in [-0.1, -0.05) is 30.3 Å². The monoisotopic (exact) mass is 557 g/mol. The molecular weight excluding hydrogens is 526 g/mol. The van der Waals surface area contributed by atoms with Crippen LogP contribution in [-0.4, -0.2) is 81.0 Å². The zero-order chi connectivity index (χ0) is 28.6. The number of benzene rings is 1. The van der Waals surface area contributed by atoms with Gasteiger partial charge in [0.1, 0.15) is 5.82 Å². The fraction of sp³-hybridized carbons (Fsp3) is 0.357. The minimum atomic E-state index is -0.573. The van der Waals surface area contributed by atoms with Crippen LogP contribution in [0.4, 0.5) is 23.4 Å². The average Bonchev–Trinajstić information content (AvgIpc) is 3.55. The highest BCUT2D eigenvalue weighted by molar-refractivity contribution is 5.99. The van der Waals surface area contributed by atoms with Gasteiger partial charge in [-0.15, -0.1) is 0 Å². The molecule has 1 amide bonds. The Morgan fingerprint density at radius 2 is 1.83 bits per heavy atom. The molecule has 0 saturated carbocycles. The summed E-state index contributed by atoms with van der Waals surface area (Å²) < 4.78 is 11.1. The lowest BCUT2D eigenvalue weighted by Gasteiger charge is -2.27. The van der Waals surface area contributed by atoms with Crippen molar-refractivity contribution in [2.45, 2.75) is 25.4 Å². The van der Waals surface area contributed by atoms with Crippen molar-refractivity contribution in [3.05, 3.63) is 65.6 Å². The number of aromatic nitrogens is 5. The molecule has 6 rings (SSSR count). The Kier molecular flexibility index (Phi) is 6.97. The third-order valence-corrected chi connectivity index (χ3v) is 7.54. The van der Waals surface area contributed by atoms with E-state index in [9.17, 15) is 9.90 Å². The number of aliphatic hydroxyl groups is 1. The van der Waals surface area contributed by atoms with Crippen LogP contribution in [0.1, 0.15) is 41.5 Å². The molecule has 2 aliphatic rings. The van der Waals surface area contributed by atoms with Crippen LogP contribution in [-0.2, 0) is 10.3 Å². The number of fused-ring (bicyclic) bond motifs is 1. The van der Waals surface area contributed by atoms with E-state index in [1.165, 1.54) is 6.20 Å². The van der Waals surface area contributed by atoms with Crippen molar-refractivity contribution in [2.75, 3.05) is 55.5 Å². The lowest BCUT2D eigenvalue weighted by atomic mass is 10.0. The van der Waals surface area contributed by atoms with Gasteiger partial charge in [0.05, 0.1) is 53.9 Å². The van der Waals surface area contributed by atoms with E-state index in [2.05, 4.69) is 35.7 Å². The Bertz CT molecular complexity index is 1550. The molecule has 1 saturated heterocycles. The van der Waals surface area contributed by atoms with Crippen LogP contribution in [0.3, 0.4) is 0 Å². The summed E-state index contributed by atoms with van der Waals surface area (Å²) in [5.74, 6) is 1.41. The number of anilines is 4. The summed E-state index contributed by atoms with van der Waals surface area (Å²) >= 11 is 0. The number of nitrogens with one attached hydrogen (secondary N) is 2. The first-order valence-corrected chi connectivity index (χ1v) is 13.4. The molecular formula is C28H31N9O4. The van der Waals surface area contributed by atoms with Gasteiger partial charge < -0.3 is 34.8 Å². The maximum absolute atomic E-state index is 12.6. The van der Waals surface area contributed by atoms with E-state index in [4.69, 9.17) is 9.26 Å². The van der Waals surface area contributed by atoms with E-state index in [0.717, 1.165) is 5.56 Å². The molecule has 1 atom stereocenters. The third kappa shape index (κ3) is 5.05. The van der Waals surface area contributed by atoms with Crippen LogP contribution < -0.4 is 15.5 Å². The zero-order valence-electron chi connectivity index (χ0n) is 23.0. The quantitative estimate of drug-likeness (QED) is 0.292. The number of hydrogen-bond acceptors (Lipinski definition) is 12. The molecule has 4 aromatic rings. The zero-order valence-corrected chi connectivity index (χ0v) is 23.0. The van der Waals surface area contributed by atoms with E-state index >= 15 is 0 Å². The molecule has 0 spiro atoms. The Labute approximate surface area is 236 Å². The predicted molar refractivity (Wildman–Crippen MR) is 151 cm³/mol. The fourth-order valence-electron chi connectivity index (χ4n) is 4.91. The predicted octanol–water partition coefficient (Wildman–Crippen LogP) is 2.97. The van der Waals surface area contributed by atoms with Crippen LogP contribution in [0, 0.1) is 0 Å². The van der Waals surface area contributed by atoms with Crippen molar-refractivity contribution in [3.8, 4) is 11.5 Å². The van der Waals surface area contributed by atoms with Crippen molar-refractivity contribution >= 4 is 29.3 Å². The lowest BCUT2D eigenvalue weighted by Crippen LogP contribution is -2.36. The molecule has 13 nitrogen and oxygen atoms in total. The van der Waals surface area contributed by atoms with Crippen molar-refractivity contribution in [2.24, 2.45) is 0 Å². The van der Waals surface area contributed by atoms with Crippen molar-refractivity contribution in [1.82, 2.24) is 30.0 Å². The smallest absolute Gasteiger partial charge is 0.266 e. The summed E-state index contributed by atoms with van der Waals surface area (Å²) in [6.45, 7) is 6.27. The summed E-state index contributed by atoms with van der Waals surface area (Å²) in [4.78, 5) is 34.5.